The van der Waals surface area contributed by atoms with Crippen LogP contribution >= 0.6 is 23.4 Å². The van der Waals surface area contributed by atoms with Crippen LogP contribution in [0.3, 0.4) is 0 Å². The van der Waals surface area contributed by atoms with Gasteiger partial charge in [0, 0.05) is 29.7 Å². The summed E-state index contributed by atoms with van der Waals surface area (Å²) in [5, 5.41) is 58.9. The Morgan fingerprint density at radius 3 is 2.45 bits per heavy atom. The van der Waals surface area contributed by atoms with Crippen LogP contribution in [0.25, 0.3) is 0 Å². The minimum absolute atomic E-state index is 0. The van der Waals surface area contributed by atoms with Gasteiger partial charge in [-0.3, -0.25) is 19.3 Å². The number of phenols is 3. The molecule has 4 aliphatic rings. The van der Waals surface area contributed by atoms with Crippen LogP contribution in [0.2, 0.25) is 5.02 Å². The van der Waals surface area contributed by atoms with Crippen molar-refractivity contribution >= 4 is 58.7 Å². The third-order valence-electron chi connectivity index (χ3n) is 10.0. The molecule has 0 spiro atoms. The molecule has 6 rings (SSSR count). The fourth-order valence-electron chi connectivity index (χ4n) is 7.11. The first-order valence-corrected chi connectivity index (χ1v) is 17.8. The number of aromatic hydroxyl groups is 3. The number of quaternary nitrogens is 1. The molecular weight excluding hydrogens is 745 g/mol. The quantitative estimate of drug-likeness (QED) is 0.0455. The zero-order valence-corrected chi connectivity index (χ0v) is 32.6. The van der Waals surface area contributed by atoms with Gasteiger partial charge >= 0.3 is 29.6 Å². The maximum Gasteiger partial charge on any atom is 1.00 e. The third kappa shape index (κ3) is 7.55. The minimum atomic E-state index is -1.91. The molecule has 4 aliphatic heterocycles. The zero-order valence-electron chi connectivity index (χ0n) is 29.0. The number of carbonyl (C=O) groups is 5. The number of halogens is 1. The van der Waals surface area contributed by atoms with Gasteiger partial charge in [0.25, 0.3) is 17.7 Å². The number of phenolic OH excluding ortho intramolecular Hbond substituents is 3. The first kappa shape index (κ1) is 40.2. The number of aliphatic carboxylic acids is 2. The van der Waals surface area contributed by atoms with Crippen molar-refractivity contribution in [1.29, 1.82) is 0 Å². The van der Waals surface area contributed by atoms with E-state index in [9.17, 15) is 49.5 Å². The molecule has 4 N–H and O–H groups in total. The number of fused-ring (bicyclic) bond motifs is 2. The third-order valence-corrected chi connectivity index (χ3v) is 11.7. The molecule has 19 heteroatoms. The van der Waals surface area contributed by atoms with Crippen LogP contribution < -0.4 is 45.1 Å². The Morgan fingerprint density at radius 1 is 1.09 bits per heavy atom. The minimum Gasteiger partial charge on any atom is -0.546 e. The van der Waals surface area contributed by atoms with E-state index in [2.05, 4.69) is 10.5 Å². The number of benzene rings is 2. The standard InChI is InChI=1S/C34H36ClN5O11S.Na/c1-34(2,33(49)50)51-37-24(17-5-7-20(41)8-6-17)28(44)36-25-30(46)39-26(32(47)48)18(16-52-31(25)39)15-40-12-3-4-19(40)14-38(11-13-40)29(45)21-9-10-22(42)27(43)23(21)35;/h5-10,19,25,31H,3-4,11-16H2,1-2H3,(H5-,36,37,41,42,43,44,45,47,48,49,50);/q;+1/p-1/t19?,25-,31-,40?;/m1./s1. The topological polar surface area (TPSA) is 232 Å². The number of amides is 3. The largest absolute Gasteiger partial charge is 1.00 e. The summed E-state index contributed by atoms with van der Waals surface area (Å²) in [6.45, 7) is 4.55. The number of hydrogen-bond acceptors (Lipinski definition) is 13. The fourth-order valence-corrected chi connectivity index (χ4v) is 8.68. The molecule has 2 unspecified atom stereocenters. The number of rotatable bonds is 10. The summed E-state index contributed by atoms with van der Waals surface area (Å²) in [5.74, 6) is -6.03. The van der Waals surface area contributed by atoms with Gasteiger partial charge in [-0.15, -0.1) is 11.8 Å². The predicted molar refractivity (Wildman–Crippen MR) is 180 cm³/mol. The molecule has 276 valence electrons. The summed E-state index contributed by atoms with van der Waals surface area (Å²) in [6.07, 6.45) is 1.61. The number of carboxylic acid groups (broad SMARTS) is 2. The van der Waals surface area contributed by atoms with Gasteiger partial charge < -0.3 is 54.7 Å². The molecule has 53 heavy (non-hydrogen) atoms. The number of piperazine rings is 1. The van der Waals surface area contributed by atoms with Crippen LogP contribution in [0.15, 0.2) is 52.8 Å². The van der Waals surface area contributed by atoms with Crippen molar-refractivity contribution in [2.24, 2.45) is 5.16 Å². The van der Waals surface area contributed by atoms with Crippen molar-refractivity contribution in [1.82, 2.24) is 15.1 Å². The molecular formula is C34H35ClN5NaO11S. The van der Waals surface area contributed by atoms with Gasteiger partial charge in [-0.2, -0.15) is 0 Å². The molecule has 2 aromatic rings. The van der Waals surface area contributed by atoms with Crippen molar-refractivity contribution in [2.45, 2.75) is 49.7 Å². The number of hydrogen-bond donors (Lipinski definition) is 4. The second-order valence-corrected chi connectivity index (χ2v) is 15.1. The molecule has 4 atom stereocenters. The van der Waals surface area contributed by atoms with Crippen molar-refractivity contribution < 1.29 is 88.4 Å². The van der Waals surface area contributed by atoms with Crippen LogP contribution in [-0.4, -0.2) is 127 Å². The normalized spacial score (nSPS) is 24.0. The first-order chi connectivity index (χ1) is 24.5. The van der Waals surface area contributed by atoms with E-state index in [1.54, 1.807) is 4.90 Å². The average molecular weight is 780 g/mol. The Hall–Kier alpha value is -4.00. The maximum absolute atomic E-state index is 13.5. The average Bonchev–Trinajstić information content (AvgIpc) is 3.52. The summed E-state index contributed by atoms with van der Waals surface area (Å²) in [4.78, 5) is 72.4. The molecule has 0 radical (unpaired) electrons. The smallest absolute Gasteiger partial charge is 0.546 e. The Labute approximate surface area is 334 Å². The number of carboxylic acids is 2. The van der Waals surface area contributed by atoms with E-state index in [0.29, 0.717) is 36.2 Å². The molecule has 3 saturated heterocycles. The summed E-state index contributed by atoms with van der Waals surface area (Å²) >= 11 is 7.44. The van der Waals surface area contributed by atoms with E-state index in [1.807, 2.05) is 0 Å². The number of β-lactam (4-membered cyclic amide) rings is 1. The molecule has 4 heterocycles. The zero-order chi connectivity index (χ0) is 37.7. The molecule has 3 amide bonds. The number of carbonyl (C=O) groups excluding carboxylic acids is 5. The summed E-state index contributed by atoms with van der Waals surface area (Å²) < 4.78 is 0.506. The van der Waals surface area contributed by atoms with Crippen molar-refractivity contribution in [3.63, 3.8) is 0 Å². The predicted octanol–water partition coefficient (Wildman–Crippen LogP) is -3.75. The first-order valence-electron chi connectivity index (χ1n) is 16.4. The second kappa shape index (κ2) is 15.4. The number of nitrogens with zero attached hydrogens (tertiary/aromatic N) is 4. The van der Waals surface area contributed by atoms with Crippen LogP contribution in [0.4, 0.5) is 0 Å². The van der Waals surface area contributed by atoms with E-state index in [1.165, 1.54) is 62.0 Å². The monoisotopic (exact) mass is 779 g/mol. The fraction of sp³-hybridized carbons (Fsp3) is 0.412. The number of thioether (sulfide) groups is 1. The van der Waals surface area contributed by atoms with Crippen molar-refractivity contribution in [3.05, 3.63) is 63.8 Å². The van der Waals surface area contributed by atoms with E-state index in [-0.39, 0.29) is 68.9 Å². The Morgan fingerprint density at radius 2 is 1.79 bits per heavy atom. The van der Waals surface area contributed by atoms with Gasteiger partial charge in [0.1, 0.15) is 29.8 Å². The molecule has 0 aromatic heterocycles. The van der Waals surface area contributed by atoms with Crippen molar-refractivity contribution in [2.75, 3.05) is 38.5 Å². The van der Waals surface area contributed by atoms with E-state index in [0.717, 1.165) is 24.3 Å². The Bertz CT molecular complexity index is 1930. The maximum atomic E-state index is 13.5. The van der Waals surface area contributed by atoms with Crippen LogP contribution in [0.5, 0.6) is 17.2 Å². The molecule has 16 nitrogen and oxygen atoms in total. The van der Waals surface area contributed by atoms with E-state index >= 15 is 0 Å². The Balaban J connectivity index is 0.00000541. The molecule has 3 fully saturated rings. The van der Waals surface area contributed by atoms with Crippen LogP contribution in [-0.2, 0) is 24.0 Å². The van der Waals surface area contributed by atoms with Gasteiger partial charge in [-0.25, -0.2) is 0 Å². The van der Waals surface area contributed by atoms with Crippen LogP contribution in [0.1, 0.15) is 42.6 Å². The molecule has 0 bridgehead atoms. The van der Waals surface area contributed by atoms with Gasteiger partial charge in [-0.05, 0) is 50.2 Å². The number of oxime groups is 1. The number of nitrogens with one attached hydrogen (secondary N) is 1. The summed E-state index contributed by atoms with van der Waals surface area (Å²) in [7, 11) is 0. The molecule has 0 aliphatic carbocycles. The van der Waals surface area contributed by atoms with Gasteiger partial charge in [0.15, 0.2) is 22.8 Å². The van der Waals surface area contributed by atoms with E-state index in [4.69, 9.17) is 16.4 Å². The SMILES string of the molecule is CC(C)(O/N=C(\C(=O)N[C@@H]1C(=O)N2C(C(=O)[O-])=C(C[N+]34CCCC3CN(C(=O)c3ccc(O)c(O)c3Cl)CC4)CS[C@H]12)c1ccc(O)cc1)C(=O)[O-].[Na+]. The van der Waals surface area contributed by atoms with Crippen molar-refractivity contribution in [3.8, 4) is 17.2 Å². The molecule has 0 saturated carbocycles. The van der Waals surface area contributed by atoms with Gasteiger partial charge in [-0.1, -0.05) is 16.8 Å². The summed E-state index contributed by atoms with van der Waals surface area (Å²) in [6, 6.07) is 6.60. The molecule has 2 aromatic carbocycles. The Kier molecular flexibility index (Phi) is 11.7. The van der Waals surface area contributed by atoms with Gasteiger partial charge in [0.2, 0.25) is 0 Å². The van der Waals surface area contributed by atoms with E-state index < -0.39 is 63.9 Å². The second-order valence-electron chi connectivity index (χ2n) is 13.6. The van der Waals surface area contributed by atoms with Gasteiger partial charge in [0.05, 0.1) is 54.4 Å². The summed E-state index contributed by atoms with van der Waals surface area (Å²) in [5.41, 5.74) is -1.86. The van der Waals surface area contributed by atoms with Crippen LogP contribution in [0, 0.1) is 0 Å².